The van der Waals surface area contributed by atoms with Crippen molar-refractivity contribution in [1.82, 2.24) is 25.9 Å². The van der Waals surface area contributed by atoms with Crippen LogP contribution < -0.4 is 21.3 Å². The summed E-state index contributed by atoms with van der Waals surface area (Å²) in [4.78, 5) is 107. The predicted octanol–water partition coefficient (Wildman–Crippen LogP) is 10.1. The quantitative estimate of drug-likeness (QED) is 0.00916. The number of halogens is 1. The molecule has 4 amide bonds. The van der Waals surface area contributed by atoms with Gasteiger partial charge in [-0.25, -0.2) is 18.6 Å². The van der Waals surface area contributed by atoms with Gasteiger partial charge in [-0.3, -0.25) is 28.8 Å². The van der Waals surface area contributed by atoms with Crippen molar-refractivity contribution < 1.29 is 71.0 Å². The highest BCUT2D eigenvalue weighted by molar-refractivity contribution is 7.29. The van der Waals surface area contributed by atoms with Crippen molar-refractivity contribution in [1.29, 1.82) is 0 Å². The Labute approximate surface area is 527 Å². The molecule has 1 unspecified atom stereocenters. The Hall–Kier alpha value is -8.68. The Morgan fingerprint density at radius 2 is 0.867 bits per heavy atom. The first kappa shape index (κ1) is 70.4. The molecule has 0 aliphatic heterocycles. The summed E-state index contributed by atoms with van der Waals surface area (Å²) in [6.45, 7) is 0.650. The molecule has 0 radical (unpaired) electrons. The number of carbonyl (C=O) groups excluding carboxylic acids is 8. The van der Waals surface area contributed by atoms with Crippen molar-refractivity contribution in [3.05, 3.63) is 215 Å². The zero-order chi connectivity index (χ0) is 63.8. The van der Waals surface area contributed by atoms with Crippen LogP contribution >= 0.6 is 8.96 Å². The highest BCUT2D eigenvalue weighted by atomic mass is 31.1. The maximum absolute atomic E-state index is 14.0. The molecule has 0 saturated carbocycles. The third-order valence-electron chi connectivity index (χ3n) is 14.0. The minimum atomic E-state index is -1.21. The molecular weight excluding hydrogens is 1170 g/mol. The molecule has 4 N–H and O–H groups in total. The van der Waals surface area contributed by atoms with E-state index in [2.05, 4.69) is 21.3 Å². The monoisotopic (exact) mass is 1250 g/mol. The first-order chi connectivity index (χ1) is 43.9. The van der Waals surface area contributed by atoms with Crippen molar-refractivity contribution in [3.8, 4) is 0 Å². The van der Waals surface area contributed by atoms with Crippen LogP contribution in [0.2, 0.25) is 0 Å². The van der Waals surface area contributed by atoms with Crippen molar-refractivity contribution >= 4 is 56.5 Å². The van der Waals surface area contributed by atoms with Crippen LogP contribution in [-0.2, 0) is 94.8 Å². The number of hydrogen-bond acceptors (Lipinski definition) is 15. The van der Waals surface area contributed by atoms with Crippen LogP contribution in [0.3, 0.4) is 0 Å². The number of ether oxygens (including phenoxy) is 5. The summed E-state index contributed by atoms with van der Waals surface area (Å²) in [5.41, 5.74) is 4.20. The lowest BCUT2D eigenvalue weighted by atomic mass is 10.1. The second-order valence-corrected chi connectivity index (χ2v) is 22.2. The number of benzene rings is 6. The second-order valence-electron chi connectivity index (χ2n) is 21.2. The molecule has 19 nitrogen and oxygen atoms in total. The Morgan fingerprint density at radius 3 is 1.38 bits per heavy atom. The molecule has 6 rings (SSSR count). The molecule has 0 saturated heterocycles. The lowest BCUT2D eigenvalue weighted by molar-refractivity contribution is -0.157. The van der Waals surface area contributed by atoms with Crippen LogP contribution in [0.1, 0.15) is 122 Å². The topological polar surface area (TPSA) is 243 Å². The van der Waals surface area contributed by atoms with E-state index in [4.69, 9.17) is 28.2 Å². The van der Waals surface area contributed by atoms with Crippen LogP contribution in [-0.4, -0.2) is 96.7 Å². The number of nitrogens with zero attached hydrogens (tertiary/aromatic N) is 1. The second kappa shape index (κ2) is 41.5. The molecule has 0 bridgehead atoms. The molecule has 90 heavy (non-hydrogen) atoms. The minimum absolute atomic E-state index is 0.00906. The van der Waals surface area contributed by atoms with E-state index in [1.54, 1.807) is 53.2 Å². The molecule has 478 valence electrons. The Kier molecular flexibility index (Phi) is 32.5. The summed E-state index contributed by atoms with van der Waals surface area (Å²) in [6.07, 6.45) is 3.55. The van der Waals surface area contributed by atoms with E-state index < -0.39 is 68.6 Å². The number of amides is 4. The van der Waals surface area contributed by atoms with Gasteiger partial charge in [-0.05, 0) is 97.0 Å². The summed E-state index contributed by atoms with van der Waals surface area (Å²) in [7, 11) is -0.482. The number of hydrogen-bond donors (Lipinski definition) is 4. The van der Waals surface area contributed by atoms with E-state index in [0.717, 1.165) is 34.2 Å². The fourth-order valence-corrected chi connectivity index (χ4v) is 9.83. The molecule has 6 aromatic rings. The first-order valence-corrected chi connectivity index (χ1v) is 31.2. The molecule has 0 aliphatic rings. The standard InChI is InChI=1S/C69H81FN5O14P/c70-58-38-36-57(37-39-58)66(80)72-43-21-6-18-34-62(76)71-42-20-7-19-35-63(77)74-60(68(82)87-48-54-27-12-3-13-28-54)40-41-64(78)73-59(67(81)86-47-53-25-10-2-11-26-53)33-22-44-84-51-75(90-89-50-56-31-16-5-17-32-56)61(69(83)88-49-55-29-14-4-15-30-55)45-65(79)85-46-52-23-8-1-9-24-52/h1-5,8-17,23-32,36-39,59-61,90H,6-7,18-22,33-35,40-51H2,(H,71,76)(H,72,80)(H,73,78)(H,74,77)/t59-,60-,61-/m0/s1. The molecular formula is C69H81FN5O14P. The number of esters is 4. The van der Waals surface area contributed by atoms with Gasteiger partial charge in [-0.1, -0.05) is 165 Å². The third-order valence-corrected chi connectivity index (χ3v) is 14.9. The van der Waals surface area contributed by atoms with Crippen LogP contribution in [0.15, 0.2) is 176 Å². The molecule has 0 fully saturated rings. The van der Waals surface area contributed by atoms with E-state index in [9.17, 15) is 42.7 Å². The van der Waals surface area contributed by atoms with Crippen LogP contribution in [0.5, 0.6) is 0 Å². The summed E-state index contributed by atoms with van der Waals surface area (Å²) in [6, 6.07) is 47.5. The maximum atomic E-state index is 14.0. The van der Waals surface area contributed by atoms with E-state index in [0.29, 0.717) is 57.2 Å². The molecule has 21 heteroatoms. The van der Waals surface area contributed by atoms with Gasteiger partial charge < -0.3 is 49.5 Å². The normalized spacial score (nSPS) is 12.1. The van der Waals surface area contributed by atoms with Gasteiger partial charge in [0.1, 0.15) is 57.1 Å². The molecule has 0 aromatic heterocycles. The van der Waals surface area contributed by atoms with Gasteiger partial charge >= 0.3 is 23.9 Å². The molecule has 0 heterocycles. The van der Waals surface area contributed by atoms with E-state index >= 15 is 0 Å². The lowest BCUT2D eigenvalue weighted by Crippen LogP contribution is -2.45. The van der Waals surface area contributed by atoms with Gasteiger partial charge in [0.2, 0.25) is 17.7 Å². The predicted molar refractivity (Wildman–Crippen MR) is 337 cm³/mol. The lowest BCUT2D eigenvalue weighted by Gasteiger charge is -2.28. The largest absolute Gasteiger partial charge is 0.461 e. The Morgan fingerprint density at radius 1 is 0.433 bits per heavy atom. The first-order valence-electron chi connectivity index (χ1n) is 30.3. The number of carbonyl (C=O) groups is 8. The van der Waals surface area contributed by atoms with Crippen LogP contribution in [0, 0.1) is 5.82 Å². The average molecular weight is 1250 g/mol. The van der Waals surface area contributed by atoms with Gasteiger partial charge in [-0.15, -0.1) is 0 Å². The van der Waals surface area contributed by atoms with Crippen molar-refractivity contribution in [2.24, 2.45) is 0 Å². The zero-order valence-electron chi connectivity index (χ0n) is 50.6. The molecule has 6 aromatic carbocycles. The van der Waals surface area contributed by atoms with Gasteiger partial charge in [-0.2, -0.15) is 0 Å². The number of unbranched alkanes of at least 4 members (excludes halogenated alkanes) is 4. The summed E-state index contributed by atoms with van der Waals surface area (Å²) >= 11 is 0. The molecule has 0 aliphatic carbocycles. The molecule has 0 spiro atoms. The van der Waals surface area contributed by atoms with Crippen LogP contribution in [0.25, 0.3) is 0 Å². The van der Waals surface area contributed by atoms with E-state index in [1.807, 2.05) is 103 Å². The van der Waals surface area contributed by atoms with Gasteiger partial charge in [0, 0.05) is 44.5 Å². The van der Waals surface area contributed by atoms with E-state index in [-0.39, 0.29) is 96.7 Å². The minimum Gasteiger partial charge on any atom is -0.461 e. The van der Waals surface area contributed by atoms with E-state index in [1.165, 1.54) is 24.3 Å². The van der Waals surface area contributed by atoms with Gasteiger partial charge in [0.05, 0.1) is 22.0 Å². The third kappa shape index (κ3) is 28.6. The highest BCUT2D eigenvalue weighted by Gasteiger charge is 2.32. The number of nitrogens with one attached hydrogen (secondary N) is 4. The SMILES string of the molecule is O=C(CCCCCNC(=O)c1ccc(F)cc1)NCCCCCC(=O)N[C@@H](CCC(=O)N[C@@H](CCCOCN(POCc1ccccc1)[C@@H](CC(=O)OCc1ccccc1)C(=O)OCc1ccccc1)C(=O)OCc1ccccc1)C(=O)OCc1ccccc1. The average Bonchev–Trinajstić information content (AvgIpc) is 3.69. The fourth-order valence-electron chi connectivity index (χ4n) is 8.97. The fraction of sp³-hybridized carbons (Fsp3) is 0.362. The maximum Gasteiger partial charge on any atom is 0.328 e. The summed E-state index contributed by atoms with van der Waals surface area (Å²) < 4.78 is 49.7. The van der Waals surface area contributed by atoms with Crippen molar-refractivity contribution in [3.63, 3.8) is 0 Å². The van der Waals surface area contributed by atoms with Crippen molar-refractivity contribution in [2.75, 3.05) is 26.4 Å². The number of rotatable bonds is 42. The zero-order valence-corrected chi connectivity index (χ0v) is 51.6. The van der Waals surface area contributed by atoms with Crippen LogP contribution in [0.4, 0.5) is 4.39 Å². The van der Waals surface area contributed by atoms with Gasteiger partial charge in [0.15, 0.2) is 0 Å². The van der Waals surface area contributed by atoms with Gasteiger partial charge in [0.25, 0.3) is 5.91 Å². The Balaban J connectivity index is 1.01. The highest BCUT2D eigenvalue weighted by Crippen LogP contribution is 2.28. The Bertz CT molecular complexity index is 3100. The summed E-state index contributed by atoms with van der Waals surface area (Å²) in [5.74, 6) is -4.65. The smallest absolute Gasteiger partial charge is 0.328 e. The molecule has 4 atom stereocenters. The van der Waals surface area contributed by atoms with Crippen molar-refractivity contribution in [2.45, 2.75) is 135 Å². The summed E-state index contributed by atoms with van der Waals surface area (Å²) in [5, 5.41) is 11.2.